The minimum atomic E-state index is -4.59. The van der Waals surface area contributed by atoms with Crippen molar-refractivity contribution in [3.8, 4) is 16.5 Å². The van der Waals surface area contributed by atoms with Gasteiger partial charge in [0.1, 0.15) is 33.8 Å². The Kier molecular flexibility index (Phi) is 8.91. The third kappa shape index (κ3) is 6.81. The number of carbonyl (C=O) groups excluding carboxylic acids is 1. The van der Waals surface area contributed by atoms with Crippen molar-refractivity contribution in [1.29, 1.82) is 0 Å². The van der Waals surface area contributed by atoms with E-state index in [9.17, 15) is 26.4 Å². The molecular weight excluding hydrogens is 583 g/mol. The molecule has 2 heterocycles. The van der Waals surface area contributed by atoms with Gasteiger partial charge in [0.05, 0.1) is 16.6 Å². The third-order valence-corrected chi connectivity index (χ3v) is 8.64. The average Bonchev–Trinajstić information content (AvgIpc) is 3.52. The van der Waals surface area contributed by atoms with E-state index in [1.807, 2.05) is 0 Å². The van der Waals surface area contributed by atoms with Crippen LogP contribution in [0.15, 0.2) is 54.9 Å². The van der Waals surface area contributed by atoms with Crippen LogP contribution in [-0.2, 0) is 16.5 Å². The number of benzene rings is 2. The van der Waals surface area contributed by atoms with Crippen LogP contribution in [0.5, 0.6) is 11.5 Å². The van der Waals surface area contributed by atoms with Gasteiger partial charge in [0.15, 0.2) is 0 Å². The number of primary amides is 1. The van der Waals surface area contributed by atoms with Crippen LogP contribution in [0.25, 0.3) is 16.0 Å². The molecule has 0 aliphatic rings. The zero-order chi connectivity index (χ0) is 29.9. The number of nitrogens with one attached hydrogen (secondary N) is 1. The van der Waals surface area contributed by atoms with Crippen molar-refractivity contribution < 1.29 is 35.3 Å². The molecule has 0 unspecified atom stereocenters. The molecule has 10 nitrogen and oxygen atoms in total. The predicted molar refractivity (Wildman–Crippen MR) is 149 cm³/mol. The Bertz CT molecular complexity index is 1650. The van der Waals surface area contributed by atoms with E-state index in [0.29, 0.717) is 29.0 Å². The normalized spacial score (nSPS) is 13.0. The van der Waals surface area contributed by atoms with Crippen molar-refractivity contribution in [2.45, 2.75) is 25.6 Å². The second kappa shape index (κ2) is 12.1. The summed E-state index contributed by atoms with van der Waals surface area (Å²) in [5.74, 6) is -0.782. The van der Waals surface area contributed by atoms with Gasteiger partial charge < -0.3 is 20.0 Å². The molecule has 15 heteroatoms. The molecule has 1 atom stereocenters. The molecule has 41 heavy (non-hydrogen) atoms. The van der Waals surface area contributed by atoms with E-state index in [2.05, 4.69) is 10.3 Å². The number of nitrogens with zero attached hydrogens (tertiary/aromatic N) is 3. The Morgan fingerprint density at radius 3 is 2.63 bits per heavy atom. The third-order valence-electron chi connectivity index (χ3n) is 6.16. The lowest BCUT2D eigenvalue weighted by Gasteiger charge is -2.19. The maximum atomic E-state index is 13.6. The first-order chi connectivity index (χ1) is 19.3. The summed E-state index contributed by atoms with van der Waals surface area (Å²) in [6.07, 6.45) is -3.61. The first kappa shape index (κ1) is 30.3. The predicted octanol–water partition coefficient (Wildman–Crippen LogP) is 4.51. The number of ether oxygens (including phenoxy) is 1. The first-order valence-electron chi connectivity index (χ1n) is 12.4. The number of alkyl halides is 3. The Morgan fingerprint density at radius 2 is 1.95 bits per heavy atom. The molecule has 0 saturated heterocycles. The van der Waals surface area contributed by atoms with Gasteiger partial charge in [-0.25, -0.2) is 4.98 Å². The lowest BCUT2D eigenvalue weighted by atomic mass is 10.0. The average molecular weight is 612 g/mol. The molecular formula is C26H28F3N5O5S2. The standard InChI is InChI=1S/C26H28F3N5O5S2/c1-16(18-7-4-5-8-19(18)26(27,28)29)38-22-14-23(40-24(22)25(30)35)34-15-32-20-10-9-17(13-21(20)34)39-41(36,37)33(3)12-6-11-31-2/h4-5,7-10,13-16,31H,6,11-12H2,1-3H3,(H2,30,35)/t16-/m1/s1. The highest BCUT2D eigenvalue weighted by atomic mass is 32.2. The summed E-state index contributed by atoms with van der Waals surface area (Å²) < 4.78 is 79.8. The van der Waals surface area contributed by atoms with Gasteiger partial charge in [0.25, 0.3) is 5.91 Å². The van der Waals surface area contributed by atoms with Gasteiger partial charge in [-0.05, 0) is 45.1 Å². The van der Waals surface area contributed by atoms with Gasteiger partial charge in [-0.2, -0.15) is 25.9 Å². The SMILES string of the molecule is CNCCCN(C)S(=O)(=O)Oc1ccc2ncn(-c3cc(O[C@H](C)c4ccccc4C(F)(F)F)c(C(N)=O)s3)c2c1. The number of nitrogens with two attached hydrogens (primary N) is 1. The summed E-state index contributed by atoms with van der Waals surface area (Å²) in [7, 11) is -0.887. The maximum Gasteiger partial charge on any atom is 0.416 e. The van der Waals surface area contributed by atoms with Gasteiger partial charge in [-0.15, -0.1) is 11.3 Å². The maximum absolute atomic E-state index is 13.6. The van der Waals surface area contributed by atoms with E-state index in [1.165, 1.54) is 56.7 Å². The molecule has 2 aromatic heterocycles. The lowest BCUT2D eigenvalue weighted by Crippen LogP contribution is -2.32. The van der Waals surface area contributed by atoms with Gasteiger partial charge in [-0.1, -0.05) is 18.2 Å². The highest BCUT2D eigenvalue weighted by molar-refractivity contribution is 7.84. The molecule has 4 aromatic rings. The number of fused-ring (bicyclic) bond motifs is 1. The van der Waals surface area contributed by atoms with Crippen molar-refractivity contribution >= 4 is 38.6 Å². The minimum absolute atomic E-state index is 0.00186. The molecule has 0 aliphatic carbocycles. The number of amides is 1. The van der Waals surface area contributed by atoms with E-state index in [-0.39, 0.29) is 28.5 Å². The van der Waals surface area contributed by atoms with Crippen LogP contribution in [-0.4, -0.2) is 55.4 Å². The number of aromatic nitrogens is 2. The quantitative estimate of drug-likeness (QED) is 0.226. The molecule has 0 radical (unpaired) electrons. The highest BCUT2D eigenvalue weighted by Gasteiger charge is 2.35. The molecule has 2 aromatic carbocycles. The summed E-state index contributed by atoms with van der Waals surface area (Å²) >= 11 is 0.950. The summed E-state index contributed by atoms with van der Waals surface area (Å²) in [5.41, 5.74) is 5.57. The van der Waals surface area contributed by atoms with Crippen LogP contribution in [0.1, 0.15) is 40.2 Å². The lowest BCUT2D eigenvalue weighted by molar-refractivity contribution is -0.139. The van der Waals surface area contributed by atoms with Crippen LogP contribution in [0, 0.1) is 0 Å². The second-order valence-corrected chi connectivity index (χ2v) is 11.7. The number of carbonyl (C=O) groups is 1. The number of halogens is 3. The van der Waals surface area contributed by atoms with Gasteiger partial charge in [-0.3, -0.25) is 9.36 Å². The largest absolute Gasteiger partial charge is 0.484 e. The molecule has 0 fully saturated rings. The number of thiophene rings is 1. The zero-order valence-corrected chi connectivity index (χ0v) is 23.9. The van der Waals surface area contributed by atoms with Gasteiger partial charge in [0.2, 0.25) is 0 Å². The fraction of sp³-hybridized carbons (Fsp3) is 0.308. The molecule has 4 rings (SSSR count). The number of hydrogen-bond donors (Lipinski definition) is 2. The van der Waals surface area contributed by atoms with Crippen LogP contribution >= 0.6 is 11.3 Å². The van der Waals surface area contributed by atoms with Crippen molar-refractivity contribution in [3.63, 3.8) is 0 Å². The minimum Gasteiger partial charge on any atom is -0.484 e. The number of rotatable bonds is 12. The Balaban J connectivity index is 1.65. The second-order valence-electron chi connectivity index (χ2n) is 9.07. The summed E-state index contributed by atoms with van der Waals surface area (Å²) in [6.45, 7) is 2.33. The van der Waals surface area contributed by atoms with Crippen molar-refractivity contribution in [2.24, 2.45) is 5.73 Å². The summed E-state index contributed by atoms with van der Waals surface area (Å²) in [5, 5.41) is 3.36. The van der Waals surface area contributed by atoms with E-state index in [0.717, 1.165) is 21.7 Å². The summed E-state index contributed by atoms with van der Waals surface area (Å²) in [4.78, 5) is 16.5. The van der Waals surface area contributed by atoms with E-state index in [4.69, 9.17) is 14.7 Å². The van der Waals surface area contributed by atoms with Crippen LogP contribution < -0.4 is 20.0 Å². The molecule has 1 amide bonds. The number of imidazole rings is 1. The monoisotopic (exact) mass is 611 g/mol. The number of hydrogen-bond acceptors (Lipinski definition) is 8. The van der Waals surface area contributed by atoms with Gasteiger partial charge >= 0.3 is 16.5 Å². The smallest absolute Gasteiger partial charge is 0.416 e. The Morgan fingerprint density at radius 1 is 1.22 bits per heavy atom. The molecule has 0 saturated carbocycles. The van der Waals surface area contributed by atoms with Crippen molar-refractivity contribution in [1.82, 2.24) is 19.2 Å². The zero-order valence-electron chi connectivity index (χ0n) is 22.3. The fourth-order valence-electron chi connectivity index (χ4n) is 4.09. The van der Waals surface area contributed by atoms with Crippen LogP contribution in [0.3, 0.4) is 0 Å². The van der Waals surface area contributed by atoms with Crippen LogP contribution in [0.2, 0.25) is 0 Å². The van der Waals surface area contributed by atoms with Gasteiger partial charge in [0, 0.05) is 31.3 Å². The molecule has 0 spiro atoms. The fourth-order valence-corrected chi connectivity index (χ4v) is 5.85. The van der Waals surface area contributed by atoms with Crippen molar-refractivity contribution in [2.75, 3.05) is 27.2 Å². The molecule has 0 bridgehead atoms. The van der Waals surface area contributed by atoms with E-state index < -0.39 is 34.1 Å². The molecule has 3 N–H and O–H groups in total. The topological polar surface area (TPSA) is 129 Å². The van der Waals surface area contributed by atoms with E-state index in [1.54, 1.807) is 17.7 Å². The first-order valence-corrected chi connectivity index (χ1v) is 14.5. The Hall–Kier alpha value is -3.66. The molecule has 220 valence electrons. The Labute approximate surface area is 238 Å². The molecule has 0 aliphatic heterocycles. The van der Waals surface area contributed by atoms with Crippen LogP contribution in [0.4, 0.5) is 13.2 Å². The summed E-state index contributed by atoms with van der Waals surface area (Å²) in [6, 6.07) is 11.0. The van der Waals surface area contributed by atoms with Crippen molar-refractivity contribution in [3.05, 3.63) is 70.9 Å². The highest BCUT2D eigenvalue weighted by Crippen LogP contribution is 2.39. The van der Waals surface area contributed by atoms with E-state index >= 15 is 0 Å².